The molecule has 0 bridgehead atoms. The number of hydrogen-bond donors (Lipinski definition) is 1. The van der Waals surface area contributed by atoms with Gasteiger partial charge >= 0.3 is 0 Å². The minimum absolute atomic E-state index is 0.196. The van der Waals surface area contributed by atoms with Gasteiger partial charge in [-0.2, -0.15) is 0 Å². The number of halogens is 1. The minimum atomic E-state index is -0.229. The van der Waals surface area contributed by atoms with E-state index in [2.05, 4.69) is 10.5 Å². The van der Waals surface area contributed by atoms with Crippen molar-refractivity contribution in [2.45, 2.75) is 18.5 Å². The van der Waals surface area contributed by atoms with E-state index < -0.39 is 0 Å². The van der Waals surface area contributed by atoms with Crippen molar-refractivity contribution in [2.75, 3.05) is 13.2 Å². The second-order valence-corrected chi connectivity index (χ2v) is 6.44. The topological polar surface area (TPSA) is 47.3 Å². The van der Waals surface area contributed by atoms with E-state index in [1.165, 1.54) is 6.07 Å². The molecule has 4 nitrogen and oxygen atoms in total. The molecule has 0 saturated carbocycles. The van der Waals surface area contributed by atoms with Crippen LogP contribution in [-0.4, -0.2) is 23.9 Å². The van der Waals surface area contributed by atoms with E-state index in [0.29, 0.717) is 31.7 Å². The van der Waals surface area contributed by atoms with Crippen LogP contribution < -0.4 is 5.32 Å². The first-order valence-electron chi connectivity index (χ1n) is 8.31. The number of rotatable bonds is 6. The average molecular weight is 338 g/mol. The summed E-state index contributed by atoms with van der Waals surface area (Å²) in [6.07, 6.45) is 0.678. The molecule has 3 aromatic rings. The highest BCUT2D eigenvalue weighted by molar-refractivity contribution is 5.56. The van der Waals surface area contributed by atoms with Crippen LogP contribution >= 0.6 is 0 Å². The summed E-state index contributed by atoms with van der Waals surface area (Å²) >= 11 is 0. The van der Waals surface area contributed by atoms with Gasteiger partial charge in [0.05, 0.1) is 24.4 Å². The molecule has 1 saturated heterocycles. The summed E-state index contributed by atoms with van der Waals surface area (Å²) in [5, 5.41) is 7.63. The average Bonchev–Trinajstić information content (AvgIpc) is 3.08. The molecule has 0 radical (unpaired) electrons. The summed E-state index contributed by atoms with van der Waals surface area (Å²) in [4.78, 5) is 0. The van der Waals surface area contributed by atoms with Crippen LogP contribution in [0.3, 0.4) is 0 Å². The zero-order valence-electron chi connectivity index (χ0n) is 13.7. The second kappa shape index (κ2) is 6.78. The molecule has 0 aliphatic carbocycles. The molecule has 1 aliphatic heterocycles. The highest BCUT2D eigenvalue weighted by atomic mass is 19.1. The predicted molar refractivity (Wildman–Crippen MR) is 92.4 cm³/mol. The van der Waals surface area contributed by atoms with Gasteiger partial charge in [0.25, 0.3) is 0 Å². The van der Waals surface area contributed by atoms with E-state index >= 15 is 0 Å². The molecular weight excluding hydrogens is 319 g/mol. The summed E-state index contributed by atoms with van der Waals surface area (Å²) in [7, 11) is 0. The van der Waals surface area contributed by atoms with Crippen LogP contribution in [0.5, 0.6) is 0 Å². The van der Waals surface area contributed by atoms with Crippen LogP contribution in [0.4, 0.5) is 4.39 Å². The van der Waals surface area contributed by atoms with Gasteiger partial charge in [0.1, 0.15) is 5.82 Å². The first-order chi connectivity index (χ1) is 12.2. The third kappa shape index (κ3) is 3.48. The maximum absolute atomic E-state index is 13.8. The van der Waals surface area contributed by atoms with Gasteiger partial charge in [-0.3, -0.25) is 0 Å². The highest BCUT2D eigenvalue weighted by Crippen LogP contribution is 2.26. The lowest BCUT2D eigenvalue weighted by molar-refractivity contribution is -0.0756. The Kier molecular flexibility index (Phi) is 4.34. The van der Waals surface area contributed by atoms with Gasteiger partial charge in [0.2, 0.25) is 0 Å². The lowest BCUT2D eigenvalue weighted by Gasteiger charge is -2.42. The summed E-state index contributed by atoms with van der Waals surface area (Å²) in [5.74, 6) is 0.554. The quantitative estimate of drug-likeness (QED) is 0.746. The van der Waals surface area contributed by atoms with Gasteiger partial charge in [-0.15, -0.1) is 0 Å². The van der Waals surface area contributed by atoms with Gasteiger partial charge in [-0.05, 0) is 6.07 Å². The van der Waals surface area contributed by atoms with E-state index in [1.54, 1.807) is 12.1 Å². The molecule has 5 heteroatoms. The van der Waals surface area contributed by atoms with Crippen molar-refractivity contribution in [3.8, 4) is 11.3 Å². The van der Waals surface area contributed by atoms with Crippen LogP contribution in [0, 0.1) is 5.82 Å². The Morgan fingerprint density at radius 3 is 2.52 bits per heavy atom. The molecule has 0 unspecified atom stereocenters. The van der Waals surface area contributed by atoms with E-state index in [1.807, 2.05) is 42.5 Å². The van der Waals surface area contributed by atoms with Crippen LogP contribution in [0.25, 0.3) is 11.3 Å². The third-order valence-electron chi connectivity index (χ3n) is 4.51. The number of nitrogens with zero attached hydrogens (tertiary/aromatic N) is 1. The van der Waals surface area contributed by atoms with Gasteiger partial charge in [0, 0.05) is 30.2 Å². The molecule has 0 atom stereocenters. The number of aromatic nitrogens is 1. The van der Waals surface area contributed by atoms with Crippen LogP contribution in [0.15, 0.2) is 65.2 Å². The summed E-state index contributed by atoms with van der Waals surface area (Å²) < 4.78 is 24.7. The Bertz CT molecular complexity index is 844. The van der Waals surface area contributed by atoms with Gasteiger partial charge < -0.3 is 14.6 Å². The largest absolute Gasteiger partial charge is 0.377 e. The molecule has 2 heterocycles. The van der Waals surface area contributed by atoms with Crippen molar-refractivity contribution in [1.29, 1.82) is 0 Å². The fourth-order valence-electron chi connectivity index (χ4n) is 3.02. The SMILES string of the molecule is Fc1ccccc1CNC1(Cc2cc(-c3ccccc3)on2)COC1. The first-order valence-corrected chi connectivity index (χ1v) is 8.31. The zero-order chi connectivity index (χ0) is 17.1. The molecule has 0 amide bonds. The van der Waals surface area contributed by atoms with Crippen molar-refractivity contribution >= 4 is 0 Å². The lowest BCUT2D eigenvalue weighted by Crippen LogP contribution is -2.61. The van der Waals surface area contributed by atoms with Crippen LogP contribution in [0.2, 0.25) is 0 Å². The number of benzene rings is 2. The normalized spacial score (nSPS) is 15.7. The standard InChI is InChI=1S/C20H19FN2O2/c21-18-9-5-4-8-16(18)12-22-20(13-24-14-20)11-17-10-19(25-23-17)15-6-2-1-3-7-15/h1-10,22H,11-14H2. The minimum Gasteiger partial charge on any atom is -0.377 e. The van der Waals surface area contributed by atoms with Crippen LogP contribution in [-0.2, 0) is 17.7 Å². The lowest BCUT2D eigenvalue weighted by atomic mass is 9.90. The molecule has 2 aromatic carbocycles. The highest BCUT2D eigenvalue weighted by Gasteiger charge is 2.39. The zero-order valence-corrected chi connectivity index (χ0v) is 13.7. The van der Waals surface area contributed by atoms with E-state index in [0.717, 1.165) is 17.0 Å². The molecule has 1 aliphatic rings. The summed E-state index contributed by atoms with van der Waals surface area (Å²) in [5.41, 5.74) is 2.29. The summed E-state index contributed by atoms with van der Waals surface area (Å²) in [6.45, 7) is 1.61. The summed E-state index contributed by atoms with van der Waals surface area (Å²) in [6, 6.07) is 18.6. The molecule has 0 spiro atoms. The fourth-order valence-corrected chi connectivity index (χ4v) is 3.02. The first kappa shape index (κ1) is 16.0. The molecule has 128 valence electrons. The maximum atomic E-state index is 13.8. The van der Waals surface area contributed by atoms with Crippen LogP contribution in [0.1, 0.15) is 11.3 Å². The number of hydrogen-bond acceptors (Lipinski definition) is 4. The predicted octanol–water partition coefficient (Wildman–Crippen LogP) is 3.58. The number of nitrogens with one attached hydrogen (secondary N) is 1. The van der Waals surface area contributed by atoms with Gasteiger partial charge in [-0.25, -0.2) is 4.39 Å². The molecule has 25 heavy (non-hydrogen) atoms. The third-order valence-corrected chi connectivity index (χ3v) is 4.51. The Morgan fingerprint density at radius 1 is 1.04 bits per heavy atom. The van der Waals surface area contributed by atoms with Gasteiger partial charge in [0.15, 0.2) is 5.76 Å². The fraction of sp³-hybridized carbons (Fsp3) is 0.250. The molecule has 1 aromatic heterocycles. The van der Waals surface area contributed by atoms with E-state index in [4.69, 9.17) is 9.26 Å². The second-order valence-electron chi connectivity index (χ2n) is 6.44. The molecule has 1 fully saturated rings. The molecule has 1 N–H and O–H groups in total. The van der Waals surface area contributed by atoms with Crippen molar-refractivity contribution in [3.63, 3.8) is 0 Å². The Morgan fingerprint density at radius 2 is 1.80 bits per heavy atom. The Labute approximate surface area is 145 Å². The maximum Gasteiger partial charge on any atom is 0.167 e. The molecule has 4 rings (SSSR count). The van der Waals surface area contributed by atoms with Crippen molar-refractivity contribution in [3.05, 3.63) is 77.7 Å². The number of ether oxygens (including phenoxy) is 1. The van der Waals surface area contributed by atoms with Crippen molar-refractivity contribution in [1.82, 2.24) is 10.5 Å². The monoisotopic (exact) mass is 338 g/mol. The smallest absolute Gasteiger partial charge is 0.167 e. The van der Waals surface area contributed by atoms with E-state index in [-0.39, 0.29) is 11.4 Å². The van der Waals surface area contributed by atoms with Crippen molar-refractivity contribution < 1.29 is 13.7 Å². The van der Waals surface area contributed by atoms with Gasteiger partial charge in [-0.1, -0.05) is 53.7 Å². The Balaban J connectivity index is 1.45. The van der Waals surface area contributed by atoms with E-state index in [9.17, 15) is 4.39 Å². The van der Waals surface area contributed by atoms with Crippen molar-refractivity contribution in [2.24, 2.45) is 0 Å². The molecular formula is C20H19FN2O2. The Hall–Kier alpha value is -2.50.